The van der Waals surface area contributed by atoms with Crippen LogP contribution in [0.1, 0.15) is 61.6 Å². The summed E-state index contributed by atoms with van der Waals surface area (Å²) in [5.74, 6) is 4.25. The Morgan fingerprint density at radius 3 is 2.70 bits per heavy atom. The van der Waals surface area contributed by atoms with E-state index in [0.29, 0.717) is 30.8 Å². The van der Waals surface area contributed by atoms with E-state index in [1.807, 2.05) is 24.3 Å². The molecule has 1 fully saturated rings. The number of ether oxygens (including phenoxy) is 1. The van der Waals surface area contributed by atoms with Gasteiger partial charge in [-0.3, -0.25) is 9.59 Å². The molecule has 3 atom stereocenters. The van der Waals surface area contributed by atoms with Gasteiger partial charge in [-0.15, -0.1) is 18.8 Å². The fourth-order valence-corrected chi connectivity index (χ4v) is 5.03. The third-order valence-electron chi connectivity index (χ3n) is 7.45. The number of carbonyl (C=O) groups is 2. The van der Waals surface area contributed by atoms with Crippen LogP contribution in [-0.4, -0.2) is 48.3 Å². The van der Waals surface area contributed by atoms with Crippen molar-refractivity contribution in [2.24, 2.45) is 0 Å². The average molecular weight is 546 g/mol. The largest absolute Gasteiger partial charge is 0.493 e. The molecule has 1 heterocycles. The number of carbonyl (C=O) groups excluding carboxylic acids is 2. The predicted molar refractivity (Wildman–Crippen MR) is 151 cm³/mol. The summed E-state index contributed by atoms with van der Waals surface area (Å²) in [5.41, 5.74) is 2.07. The van der Waals surface area contributed by atoms with Crippen LogP contribution in [0.4, 0.5) is 4.39 Å². The highest BCUT2D eigenvalue weighted by atomic mass is 19.1. The van der Waals surface area contributed by atoms with Gasteiger partial charge in [0.2, 0.25) is 11.8 Å². The van der Waals surface area contributed by atoms with Crippen LogP contribution in [0.3, 0.4) is 0 Å². The number of rotatable bonds is 6. The Labute approximate surface area is 235 Å². The number of halogens is 1. The van der Waals surface area contributed by atoms with Gasteiger partial charge < -0.3 is 25.8 Å². The molecule has 1 aliphatic heterocycles. The molecular weight excluding hydrogens is 509 g/mol. The number of nitrogens with one attached hydrogen (secondary N) is 3. The zero-order chi connectivity index (χ0) is 28.5. The highest BCUT2D eigenvalue weighted by molar-refractivity contribution is 5.88. The molecule has 0 spiro atoms. The molecule has 2 aliphatic rings. The number of aliphatic hydroxyl groups is 1. The van der Waals surface area contributed by atoms with Crippen LogP contribution in [0.2, 0.25) is 0 Å². The van der Waals surface area contributed by atoms with Crippen molar-refractivity contribution in [2.75, 3.05) is 13.2 Å². The molecule has 1 saturated carbocycles. The molecule has 2 aromatic rings. The summed E-state index contributed by atoms with van der Waals surface area (Å²) in [5, 5.41) is 20.4. The van der Waals surface area contributed by atoms with Gasteiger partial charge in [0, 0.05) is 36.6 Å². The van der Waals surface area contributed by atoms with Gasteiger partial charge >= 0.3 is 0 Å². The second-order valence-corrected chi connectivity index (χ2v) is 10.6. The number of fused-ring (bicyclic) bond motifs is 2. The van der Waals surface area contributed by atoms with E-state index in [4.69, 9.17) is 17.6 Å². The van der Waals surface area contributed by atoms with E-state index in [1.54, 1.807) is 6.07 Å². The summed E-state index contributed by atoms with van der Waals surface area (Å²) in [6.07, 6.45) is 14.2. The highest BCUT2D eigenvalue weighted by Crippen LogP contribution is 2.45. The van der Waals surface area contributed by atoms with Gasteiger partial charge in [-0.25, -0.2) is 4.39 Å². The van der Waals surface area contributed by atoms with Gasteiger partial charge in [0.05, 0.1) is 18.8 Å². The molecular formula is C32H36FN3O4. The first kappa shape index (κ1) is 29.1. The van der Waals surface area contributed by atoms with Gasteiger partial charge in [0.1, 0.15) is 17.6 Å². The minimum atomic E-state index is -1.04. The lowest BCUT2D eigenvalue weighted by molar-refractivity contribution is -0.129. The predicted octanol–water partition coefficient (Wildman–Crippen LogP) is 2.94. The molecule has 2 unspecified atom stereocenters. The van der Waals surface area contributed by atoms with Crippen molar-refractivity contribution < 1.29 is 23.8 Å². The molecule has 0 radical (unpaired) electrons. The molecule has 8 heteroatoms. The van der Waals surface area contributed by atoms with E-state index in [-0.39, 0.29) is 37.3 Å². The standard InChI is InChI=1S/C32H36FN3O4/c1-3-9-27-31(39)36-28(29(37)21-34-32(13-14-32)24-11-8-10-22(4-2)16-24)19-23-17-25(33)20-26(18-23)40-15-7-5-6-12-30(38)35-27/h1-2,8,10-11,16-18,20,27-29,34,37H,5-7,9,12-15,19,21H2,(H,35,38)(H,36,39)/t27?,28?,29-/m1/s1. The van der Waals surface area contributed by atoms with Crippen molar-refractivity contribution in [1.29, 1.82) is 0 Å². The lowest BCUT2D eigenvalue weighted by Crippen LogP contribution is -2.55. The minimum absolute atomic E-state index is 0.00518. The SMILES string of the molecule is C#CCC1NC(=O)CCCCCOc2cc(F)cc(c2)CC([C@H](O)CNC2(c3cccc(C#C)c3)CC2)NC1=O. The lowest BCUT2D eigenvalue weighted by atomic mass is 9.98. The number of terminal acetylenes is 2. The number of amides is 2. The van der Waals surface area contributed by atoms with Crippen LogP contribution in [0, 0.1) is 30.5 Å². The number of aliphatic hydroxyl groups excluding tert-OH is 1. The van der Waals surface area contributed by atoms with Gasteiger partial charge in [-0.2, -0.15) is 0 Å². The van der Waals surface area contributed by atoms with Crippen LogP contribution in [0.25, 0.3) is 0 Å². The zero-order valence-corrected chi connectivity index (χ0v) is 22.5. The van der Waals surface area contributed by atoms with Gasteiger partial charge in [-0.05, 0) is 73.9 Å². The van der Waals surface area contributed by atoms with Crippen molar-refractivity contribution in [2.45, 2.75) is 75.1 Å². The van der Waals surface area contributed by atoms with Crippen molar-refractivity contribution in [3.05, 3.63) is 65.0 Å². The molecule has 1 aliphatic carbocycles. The van der Waals surface area contributed by atoms with Crippen LogP contribution in [-0.2, 0) is 21.5 Å². The lowest BCUT2D eigenvalue weighted by Gasteiger charge is -2.29. The first-order chi connectivity index (χ1) is 19.3. The zero-order valence-electron chi connectivity index (χ0n) is 22.5. The van der Waals surface area contributed by atoms with E-state index >= 15 is 0 Å². The molecule has 0 aromatic heterocycles. The molecule has 4 rings (SSSR count). The van der Waals surface area contributed by atoms with E-state index in [1.165, 1.54) is 12.1 Å². The Kier molecular flexibility index (Phi) is 9.82. The highest BCUT2D eigenvalue weighted by Gasteiger charge is 2.44. The normalized spacial score (nSPS) is 22.0. The summed E-state index contributed by atoms with van der Waals surface area (Å²) < 4.78 is 20.2. The number of hydrogen-bond donors (Lipinski definition) is 4. The molecule has 0 saturated heterocycles. The maximum Gasteiger partial charge on any atom is 0.243 e. The van der Waals surface area contributed by atoms with Crippen LogP contribution in [0.15, 0.2) is 42.5 Å². The molecule has 4 N–H and O–H groups in total. The van der Waals surface area contributed by atoms with E-state index in [9.17, 15) is 19.1 Å². The minimum Gasteiger partial charge on any atom is -0.493 e. The number of hydrogen-bond acceptors (Lipinski definition) is 5. The maximum absolute atomic E-state index is 14.5. The summed E-state index contributed by atoms with van der Waals surface area (Å²) in [7, 11) is 0. The molecule has 2 amide bonds. The first-order valence-corrected chi connectivity index (χ1v) is 13.8. The average Bonchev–Trinajstić information content (AvgIpc) is 3.73. The van der Waals surface area contributed by atoms with Crippen molar-refractivity contribution >= 4 is 11.8 Å². The summed E-state index contributed by atoms with van der Waals surface area (Å²) in [6, 6.07) is 10.4. The first-order valence-electron chi connectivity index (χ1n) is 13.8. The van der Waals surface area contributed by atoms with Gasteiger partial charge in [0.15, 0.2) is 0 Å². The van der Waals surface area contributed by atoms with Crippen molar-refractivity contribution in [1.82, 2.24) is 16.0 Å². The Bertz CT molecular complexity index is 1290. The monoisotopic (exact) mass is 545 g/mol. The van der Waals surface area contributed by atoms with E-state index in [0.717, 1.165) is 30.4 Å². The third kappa shape index (κ3) is 7.85. The second kappa shape index (κ2) is 13.5. The van der Waals surface area contributed by atoms with E-state index < -0.39 is 29.9 Å². The topological polar surface area (TPSA) is 99.7 Å². The van der Waals surface area contributed by atoms with Crippen LogP contribution < -0.4 is 20.7 Å². The third-order valence-corrected chi connectivity index (χ3v) is 7.45. The van der Waals surface area contributed by atoms with Crippen molar-refractivity contribution in [3.63, 3.8) is 0 Å². The second-order valence-electron chi connectivity index (χ2n) is 10.6. The fraction of sp³-hybridized carbons (Fsp3) is 0.438. The Hall–Kier alpha value is -3.85. The van der Waals surface area contributed by atoms with Gasteiger partial charge in [0.25, 0.3) is 0 Å². The summed E-state index contributed by atoms with van der Waals surface area (Å²) in [6.45, 7) is 0.552. The van der Waals surface area contributed by atoms with Crippen molar-refractivity contribution in [3.8, 4) is 30.4 Å². The van der Waals surface area contributed by atoms with Gasteiger partial charge in [-0.1, -0.05) is 18.1 Å². The quantitative estimate of drug-likeness (QED) is 0.419. The number of benzene rings is 2. The van der Waals surface area contributed by atoms with Crippen LogP contribution >= 0.6 is 0 Å². The Morgan fingerprint density at radius 2 is 1.95 bits per heavy atom. The molecule has 2 aromatic carbocycles. The summed E-state index contributed by atoms with van der Waals surface area (Å²) >= 11 is 0. The smallest absolute Gasteiger partial charge is 0.243 e. The fourth-order valence-electron chi connectivity index (χ4n) is 5.03. The molecule has 210 valence electrons. The molecule has 7 nitrogen and oxygen atoms in total. The Balaban J connectivity index is 1.55. The van der Waals surface area contributed by atoms with Crippen LogP contribution in [0.5, 0.6) is 5.75 Å². The van der Waals surface area contributed by atoms with E-state index in [2.05, 4.69) is 27.8 Å². The maximum atomic E-state index is 14.5. The molecule has 2 bridgehead atoms. The summed E-state index contributed by atoms with van der Waals surface area (Å²) in [4.78, 5) is 25.8. The Morgan fingerprint density at radius 1 is 1.12 bits per heavy atom. The molecule has 40 heavy (non-hydrogen) atoms.